The van der Waals surface area contributed by atoms with Crippen molar-refractivity contribution >= 4 is 28.7 Å². The van der Waals surface area contributed by atoms with Crippen LogP contribution in [0.15, 0.2) is 0 Å². The summed E-state index contributed by atoms with van der Waals surface area (Å²) in [6.07, 6.45) is 1.22. The van der Waals surface area contributed by atoms with Gasteiger partial charge in [0.1, 0.15) is 0 Å². The van der Waals surface area contributed by atoms with Crippen LogP contribution in [0.1, 0.15) is 19.8 Å². The molecule has 66 valence electrons. The van der Waals surface area contributed by atoms with Crippen molar-refractivity contribution in [1.82, 2.24) is 5.32 Å². The number of rotatable bonds is 5. The topological polar surface area (TPSA) is 49.3 Å². The van der Waals surface area contributed by atoms with Crippen molar-refractivity contribution in [2.75, 3.05) is 11.0 Å². The van der Waals surface area contributed by atoms with Crippen LogP contribution < -0.4 is 5.32 Å². The molecule has 0 fully saturated rings. The number of amides is 1. The Labute approximate surface area is 80.7 Å². The van der Waals surface area contributed by atoms with Gasteiger partial charge in [-0.25, -0.2) is 4.79 Å². The summed E-state index contributed by atoms with van der Waals surface area (Å²) < 4.78 is 1.09. The van der Waals surface area contributed by atoms with Gasteiger partial charge >= 0.3 is 6.09 Å². The second kappa shape index (κ2) is 6.69. The number of hydrogen-bond donors (Lipinski definition) is 2. The van der Waals surface area contributed by atoms with E-state index in [1.807, 2.05) is 0 Å². The van der Waals surface area contributed by atoms with E-state index in [0.29, 0.717) is 12.5 Å². The van der Waals surface area contributed by atoms with E-state index in [1.165, 1.54) is 0 Å². The van der Waals surface area contributed by atoms with Gasteiger partial charge in [0.15, 0.2) is 0 Å². The molecule has 4 heteroatoms. The van der Waals surface area contributed by atoms with Crippen LogP contribution in [-0.4, -0.2) is 22.2 Å². The molecule has 0 rings (SSSR count). The fraction of sp³-hybridized carbons (Fsp3) is 0.857. The Kier molecular flexibility index (Phi) is 6.69. The van der Waals surface area contributed by atoms with Crippen molar-refractivity contribution < 1.29 is 9.90 Å². The third kappa shape index (κ3) is 6.40. The van der Waals surface area contributed by atoms with Crippen molar-refractivity contribution in [2.24, 2.45) is 5.92 Å². The summed E-state index contributed by atoms with van der Waals surface area (Å²) in [5.74, 6) is 0.503. The minimum absolute atomic E-state index is 0.503. The molecule has 1 atom stereocenters. The van der Waals surface area contributed by atoms with E-state index in [-0.39, 0.29) is 0 Å². The molecule has 2 N–H and O–H groups in total. The highest BCUT2D eigenvalue weighted by Crippen LogP contribution is 2.08. The normalized spacial score (nSPS) is 12.5. The lowest BCUT2D eigenvalue weighted by atomic mass is 10.0. The molecule has 0 aromatic carbocycles. The lowest BCUT2D eigenvalue weighted by Gasteiger charge is -2.11. The van der Waals surface area contributed by atoms with E-state index < -0.39 is 6.09 Å². The van der Waals surface area contributed by atoms with Crippen LogP contribution in [0.25, 0.3) is 0 Å². The smallest absolute Gasteiger partial charge is 0.404 e. The predicted octanol–water partition coefficient (Wildman–Crippen LogP) is 2.11. The number of hydrogen-bond acceptors (Lipinski definition) is 1. The summed E-state index contributed by atoms with van der Waals surface area (Å²) in [4.78, 5) is 10.1. The number of alkyl halides is 1. The van der Waals surface area contributed by atoms with Crippen molar-refractivity contribution in [2.45, 2.75) is 19.8 Å². The summed E-state index contributed by atoms with van der Waals surface area (Å²) in [6, 6.07) is 0. The molecule has 0 aromatic rings. The van der Waals surface area contributed by atoms with Crippen LogP contribution in [0, 0.1) is 5.92 Å². The predicted molar refractivity (Wildman–Crippen MR) is 53.3 cm³/mol. The Bertz CT molecular complexity index is 119. The van der Waals surface area contributed by atoms with Gasteiger partial charge in [-0.15, -0.1) is 0 Å². The Morgan fingerprint density at radius 1 is 1.73 bits per heavy atom. The molecule has 3 nitrogen and oxygen atoms in total. The highest BCUT2D eigenvalue weighted by Gasteiger charge is 2.05. The highest BCUT2D eigenvalue weighted by molar-refractivity contribution is 14.1. The maximum absolute atomic E-state index is 10.1. The summed E-state index contributed by atoms with van der Waals surface area (Å²) >= 11 is 2.31. The van der Waals surface area contributed by atoms with E-state index in [4.69, 9.17) is 5.11 Å². The molecule has 0 heterocycles. The number of nitrogens with one attached hydrogen (secondary N) is 1. The lowest BCUT2D eigenvalue weighted by molar-refractivity contribution is 0.192. The van der Waals surface area contributed by atoms with Crippen molar-refractivity contribution in [1.29, 1.82) is 0 Å². The fourth-order valence-electron chi connectivity index (χ4n) is 0.836. The van der Waals surface area contributed by atoms with E-state index in [2.05, 4.69) is 34.8 Å². The van der Waals surface area contributed by atoms with E-state index in [0.717, 1.165) is 17.3 Å². The molecule has 1 unspecified atom stereocenters. The van der Waals surface area contributed by atoms with E-state index in [1.54, 1.807) is 0 Å². The fourth-order valence-corrected chi connectivity index (χ4v) is 1.72. The number of carbonyl (C=O) groups is 1. The first kappa shape index (κ1) is 11.0. The first-order chi connectivity index (χ1) is 5.20. The van der Waals surface area contributed by atoms with Gasteiger partial charge in [-0.05, 0) is 16.8 Å². The third-order valence-electron chi connectivity index (χ3n) is 1.64. The zero-order valence-corrected chi connectivity index (χ0v) is 8.80. The van der Waals surface area contributed by atoms with Crippen LogP contribution in [0.3, 0.4) is 0 Å². The zero-order valence-electron chi connectivity index (χ0n) is 6.64. The Morgan fingerprint density at radius 2 is 2.36 bits per heavy atom. The number of halogens is 1. The monoisotopic (exact) mass is 271 g/mol. The molecular weight excluding hydrogens is 257 g/mol. The Hall–Kier alpha value is 0. The summed E-state index contributed by atoms with van der Waals surface area (Å²) in [7, 11) is 0. The van der Waals surface area contributed by atoms with Gasteiger partial charge in [0.25, 0.3) is 0 Å². The first-order valence-corrected chi connectivity index (χ1v) is 5.26. The molecule has 0 spiro atoms. The molecule has 0 aliphatic carbocycles. The first-order valence-electron chi connectivity index (χ1n) is 3.73. The summed E-state index contributed by atoms with van der Waals surface area (Å²) in [5.41, 5.74) is 0. The number of carboxylic acid groups (broad SMARTS) is 1. The van der Waals surface area contributed by atoms with Gasteiger partial charge in [-0.1, -0.05) is 35.9 Å². The molecule has 11 heavy (non-hydrogen) atoms. The standard InChI is InChI=1S/C7H14INO2/c1-2-6(3-4-8)5-9-7(10)11/h6,9H,2-5H2,1H3,(H,10,11). The average molecular weight is 271 g/mol. The van der Waals surface area contributed by atoms with Gasteiger partial charge in [0, 0.05) is 6.54 Å². The Balaban J connectivity index is 3.43. The highest BCUT2D eigenvalue weighted by atomic mass is 127. The van der Waals surface area contributed by atoms with Gasteiger partial charge in [-0.2, -0.15) is 0 Å². The molecule has 0 aromatic heterocycles. The molecule has 0 saturated heterocycles. The van der Waals surface area contributed by atoms with Gasteiger partial charge in [0.2, 0.25) is 0 Å². The third-order valence-corrected chi connectivity index (χ3v) is 2.26. The van der Waals surface area contributed by atoms with Crippen molar-refractivity contribution in [3.63, 3.8) is 0 Å². The molecule has 0 saturated carbocycles. The van der Waals surface area contributed by atoms with Gasteiger partial charge in [0.05, 0.1) is 0 Å². The van der Waals surface area contributed by atoms with Gasteiger partial charge < -0.3 is 10.4 Å². The summed E-state index contributed by atoms with van der Waals surface area (Å²) in [6.45, 7) is 2.68. The van der Waals surface area contributed by atoms with Crippen LogP contribution in [0.4, 0.5) is 4.79 Å². The molecule has 0 bridgehead atoms. The SMILES string of the molecule is CCC(CCI)CNC(=O)O. The molecule has 0 aliphatic rings. The largest absolute Gasteiger partial charge is 0.465 e. The molecular formula is C7H14INO2. The van der Waals surface area contributed by atoms with Crippen LogP contribution in [0.2, 0.25) is 0 Å². The molecule has 1 amide bonds. The van der Waals surface area contributed by atoms with E-state index >= 15 is 0 Å². The van der Waals surface area contributed by atoms with E-state index in [9.17, 15) is 4.79 Å². The molecule has 0 aliphatic heterocycles. The van der Waals surface area contributed by atoms with Crippen LogP contribution in [0.5, 0.6) is 0 Å². The molecule has 0 radical (unpaired) electrons. The van der Waals surface area contributed by atoms with Crippen LogP contribution >= 0.6 is 22.6 Å². The maximum Gasteiger partial charge on any atom is 0.404 e. The lowest BCUT2D eigenvalue weighted by Crippen LogP contribution is -2.27. The average Bonchev–Trinajstić information content (AvgIpc) is 1.97. The van der Waals surface area contributed by atoms with Gasteiger partial charge in [-0.3, -0.25) is 0 Å². The quantitative estimate of drug-likeness (QED) is 0.594. The minimum atomic E-state index is -0.920. The van der Waals surface area contributed by atoms with Crippen LogP contribution in [-0.2, 0) is 0 Å². The van der Waals surface area contributed by atoms with Crippen molar-refractivity contribution in [3.05, 3.63) is 0 Å². The minimum Gasteiger partial charge on any atom is -0.465 e. The second-order valence-electron chi connectivity index (χ2n) is 2.44. The zero-order chi connectivity index (χ0) is 8.69. The van der Waals surface area contributed by atoms with Crippen molar-refractivity contribution in [3.8, 4) is 0 Å². The summed E-state index contributed by atoms with van der Waals surface area (Å²) in [5, 5.41) is 10.7. The second-order valence-corrected chi connectivity index (χ2v) is 3.52. The maximum atomic E-state index is 10.1. The Morgan fingerprint density at radius 3 is 2.73 bits per heavy atom.